The molecule has 186 valence electrons. The molecular formula is C24H24Br2ClN3O5. The van der Waals surface area contributed by atoms with Crippen LogP contribution in [0.3, 0.4) is 0 Å². The highest BCUT2D eigenvalue weighted by Crippen LogP contribution is 2.42. The first-order valence-corrected chi connectivity index (χ1v) is 13.0. The monoisotopic (exact) mass is 627 g/mol. The van der Waals surface area contributed by atoms with E-state index < -0.39 is 5.97 Å². The van der Waals surface area contributed by atoms with Crippen LogP contribution in [-0.2, 0) is 16.0 Å². The molecule has 0 N–H and O–H groups in total. The van der Waals surface area contributed by atoms with Gasteiger partial charge in [0.25, 0.3) is 5.56 Å². The molecule has 0 radical (unpaired) electrons. The third kappa shape index (κ3) is 6.42. The van der Waals surface area contributed by atoms with Crippen molar-refractivity contribution in [3.8, 4) is 11.5 Å². The Balaban J connectivity index is 2.06. The third-order valence-electron chi connectivity index (χ3n) is 4.76. The molecule has 3 rings (SSSR count). The number of esters is 1. The fraction of sp³-hybridized carbons (Fsp3) is 0.333. The predicted octanol–water partition coefficient (Wildman–Crippen LogP) is 5.75. The first kappa shape index (κ1) is 27.2. The lowest BCUT2D eigenvalue weighted by Gasteiger charge is -2.15. The summed E-state index contributed by atoms with van der Waals surface area (Å²) in [6.07, 6.45) is 2.87. The van der Waals surface area contributed by atoms with Gasteiger partial charge in [0.2, 0.25) is 0 Å². The summed E-state index contributed by atoms with van der Waals surface area (Å²) < 4.78 is 18.7. The Bertz CT molecular complexity index is 1330. The molecule has 0 aliphatic heterocycles. The minimum Gasteiger partial charge on any atom is -0.490 e. The second-order valence-electron chi connectivity index (χ2n) is 7.25. The number of carbonyl (C=O) groups is 1. The summed E-state index contributed by atoms with van der Waals surface area (Å²) in [6.45, 7) is 5.80. The van der Waals surface area contributed by atoms with Crippen molar-refractivity contribution >= 4 is 66.5 Å². The fourth-order valence-corrected chi connectivity index (χ4v) is 4.26. The van der Waals surface area contributed by atoms with Gasteiger partial charge in [0.1, 0.15) is 10.8 Å². The summed E-state index contributed by atoms with van der Waals surface area (Å²) in [5.41, 5.74) is 0.877. The number of ether oxygens (including phenoxy) is 3. The molecule has 0 aliphatic carbocycles. The number of fused-ring (bicyclic) bond motifs is 1. The van der Waals surface area contributed by atoms with Crippen molar-refractivity contribution in [1.29, 1.82) is 0 Å². The summed E-state index contributed by atoms with van der Waals surface area (Å²) >= 11 is 13.4. The lowest BCUT2D eigenvalue weighted by molar-refractivity contribution is -0.145. The van der Waals surface area contributed by atoms with Crippen LogP contribution in [0.2, 0.25) is 5.02 Å². The molecule has 0 saturated heterocycles. The minimum atomic E-state index is -0.522. The van der Waals surface area contributed by atoms with Crippen LogP contribution in [0, 0.1) is 0 Å². The third-order valence-corrected chi connectivity index (χ3v) is 6.69. The number of carbonyl (C=O) groups excluding carboxylic acids is 1. The highest BCUT2D eigenvalue weighted by Gasteiger charge is 2.19. The van der Waals surface area contributed by atoms with Gasteiger partial charge in [-0.3, -0.25) is 4.79 Å². The molecule has 0 saturated carbocycles. The van der Waals surface area contributed by atoms with Gasteiger partial charge in [-0.25, -0.2) is 9.78 Å². The zero-order chi connectivity index (χ0) is 25.5. The zero-order valence-corrected chi connectivity index (χ0v) is 23.4. The molecule has 2 aromatic carbocycles. The molecule has 0 unspecified atom stereocenters. The van der Waals surface area contributed by atoms with Crippen LogP contribution < -0.4 is 15.0 Å². The standard InChI is InChI=1S/C24H24Br2ClN3O5/c1-4-7-19-29-17-9-8-15(25)11-16(17)24(32)30(19)28-12-14-10-18(33-5-2)23(22(27)21(14)26)35-13-20(31)34-6-3/h8-12H,4-7,13H2,1-3H3. The van der Waals surface area contributed by atoms with Crippen molar-refractivity contribution in [1.82, 2.24) is 9.66 Å². The lowest BCUT2D eigenvalue weighted by Crippen LogP contribution is -2.22. The summed E-state index contributed by atoms with van der Waals surface area (Å²) in [5, 5.41) is 5.10. The van der Waals surface area contributed by atoms with Crippen LogP contribution >= 0.6 is 43.5 Å². The van der Waals surface area contributed by atoms with Gasteiger partial charge in [0.15, 0.2) is 18.1 Å². The van der Waals surface area contributed by atoms with Crippen molar-refractivity contribution < 1.29 is 19.0 Å². The van der Waals surface area contributed by atoms with E-state index in [2.05, 4.69) is 41.9 Å². The molecule has 0 aliphatic rings. The predicted molar refractivity (Wildman–Crippen MR) is 143 cm³/mol. The number of nitrogens with zero attached hydrogens (tertiary/aromatic N) is 3. The second kappa shape index (κ2) is 12.5. The van der Waals surface area contributed by atoms with Gasteiger partial charge in [-0.05, 0) is 60.5 Å². The van der Waals surface area contributed by atoms with Crippen molar-refractivity contribution in [2.45, 2.75) is 33.6 Å². The first-order chi connectivity index (χ1) is 16.8. The van der Waals surface area contributed by atoms with E-state index in [1.807, 2.05) is 19.9 Å². The van der Waals surface area contributed by atoms with E-state index in [4.69, 9.17) is 25.8 Å². The average Bonchev–Trinajstić information content (AvgIpc) is 2.82. The van der Waals surface area contributed by atoms with E-state index in [1.54, 1.807) is 25.1 Å². The minimum absolute atomic E-state index is 0.198. The molecule has 0 bridgehead atoms. The smallest absolute Gasteiger partial charge is 0.344 e. The van der Waals surface area contributed by atoms with Crippen LogP contribution in [0.4, 0.5) is 0 Å². The number of hydrogen-bond donors (Lipinski definition) is 0. The van der Waals surface area contributed by atoms with Gasteiger partial charge in [-0.2, -0.15) is 9.78 Å². The number of rotatable bonds is 10. The van der Waals surface area contributed by atoms with Crippen molar-refractivity contribution in [3.63, 3.8) is 0 Å². The number of halogens is 3. The molecule has 11 heteroatoms. The van der Waals surface area contributed by atoms with E-state index in [-0.39, 0.29) is 29.5 Å². The maximum absolute atomic E-state index is 13.2. The van der Waals surface area contributed by atoms with Crippen molar-refractivity contribution in [2.24, 2.45) is 5.10 Å². The Hall–Kier alpha value is -2.43. The highest BCUT2D eigenvalue weighted by molar-refractivity contribution is 9.10. The second-order valence-corrected chi connectivity index (χ2v) is 9.34. The number of hydrogen-bond acceptors (Lipinski definition) is 7. The molecule has 0 fully saturated rings. The Morgan fingerprint density at radius 1 is 1.17 bits per heavy atom. The highest BCUT2D eigenvalue weighted by atomic mass is 79.9. The van der Waals surface area contributed by atoms with Crippen LogP contribution in [-0.4, -0.2) is 41.7 Å². The maximum atomic E-state index is 13.2. The van der Waals surface area contributed by atoms with E-state index >= 15 is 0 Å². The molecule has 0 atom stereocenters. The summed E-state index contributed by atoms with van der Waals surface area (Å²) in [4.78, 5) is 29.6. The van der Waals surface area contributed by atoms with Crippen LogP contribution in [0.5, 0.6) is 11.5 Å². The van der Waals surface area contributed by atoms with Crippen molar-refractivity contribution in [2.75, 3.05) is 19.8 Å². The normalized spacial score (nSPS) is 11.3. The molecule has 1 heterocycles. The van der Waals surface area contributed by atoms with Gasteiger partial charge in [0.05, 0.1) is 30.3 Å². The Labute approximate surface area is 224 Å². The molecule has 3 aromatic rings. The van der Waals surface area contributed by atoms with Crippen LogP contribution in [0.1, 0.15) is 38.6 Å². The molecular weight excluding hydrogens is 606 g/mol. The van der Waals surface area contributed by atoms with Gasteiger partial charge in [-0.15, -0.1) is 0 Å². The van der Waals surface area contributed by atoms with Gasteiger partial charge < -0.3 is 14.2 Å². The lowest BCUT2D eigenvalue weighted by atomic mass is 10.2. The number of benzene rings is 2. The Kier molecular flexibility index (Phi) is 9.71. The average molecular weight is 630 g/mol. The van der Waals surface area contributed by atoms with E-state index in [1.165, 1.54) is 10.9 Å². The van der Waals surface area contributed by atoms with Crippen LogP contribution in [0.15, 0.2) is 43.1 Å². The summed E-state index contributed by atoms with van der Waals surface area (Å²) in [5.74, 6) is 0.552. The van der Waals surface area contributed by atoms with E-state index in [9.17, 15) is 9.59 Å². The fourth-order valence-electron chi connectivity index (χ4n) is 3.25. The van der Waals surface area contributed by atoms with Crippen LogP contribution in [0.25, 0.3) is 10.9 Å². The summed E-state index contributed by atoms with van der Waals surface area (Å²) in [6, 6.07) is 7.03. The zero-order valence-electron chi connectivity index (χ0n) is 19.4. The molecule has 0 amide bonds. The number of aryl methyl sites for hydroxylation is 1. The Morgan fingerprint density at radius 3 is 2.63 bits per heavy atom. The van der Waals surface area contributed by atoms with Gasteiger partial charge >= 0.3 is 5.97 Å². The van der Waals surface area contributed by atoms with Gasteiger partial charge in [0, 0.05) is 20.9 Å². The molecule has 35 heavy (non-hydrogen) atoms. The maximum Gasteiger partial charge on any atom is 0.344 e. The molecule has 1 aromatic heterocycles. The topological polar surface area (TPSA) is 92.0 Å². The molecule has 8 nitrogen and oxygen atoms in total. The number of aromatic nitrogens is 2. The SMILES string of the molecule is CCCc1nc2ccc(Br)cc2c(=O)n1N=Cc1cc(OCC)c(OCC(=O)OCC)c(Cl)c1Br. The summed E-state index contributed by atoms with van der Waals surface area (Å²) in [7, 11) is 0. The first-order valence-electron chi connectivity index (χ1n) is 11.0. The Morgan fingerprint density at radius 2 is 1.94 bits per heavy atom. The largest absolute Gasteiger partial charge is 0.490 e. The van der Waals surface area contributed by atoms with E-state index in [0.717, 1.165) is 10.9 Å². The van der Waals surface area contributed by atoms with Crippen molar-refractivity contribution in [3.05, 3.63) is 60.0 Å². The molecule has 0 spiro atoms. The van der Waals surface area contributed by atoms with Gasteiger partial charge in [-0.1, -0.05) is 34.5 Å². The van der Waals surface area contributed by atoms with E-state index in [0.29, 0.717) is 45.5 Å². The quantitative estimate of drug-likeness (QED) is 0.210.